The Morgan fingerprint density at radius 3 is 2.58 bits per heavy atom. The minimum Gasteiger partial charge on any atom is -0.392 e. The van der Waals surface area contributed by atoms with Crippen LogP contribution in [0.15, 0.2) is 48.2 Å². The first-order chi connectivity index (χ1) is 12.6. The second-order valence-electron chi connectivity index (χ2n) is 6.84. The number of hydrogen-bond donors (Lipinski definition) is 2. The summed E-state index contributed by atoms with van der Waals surface area (Å²) in [4.78, 5) is 12.9. The van der Waals surface area contributed by atoms with Gasteiger partial charge in [0.25, 0.3) is 0 Å². The molecule has 4 heteroatoms. The number of aryl methyl sites for hydroxylation is 2. The summed E-state index contributed by atoms with van der Waals surface area (Å²) in [6.07, 6.45) is 5.44. The van der Waals surface area contributed by atoms with E-state index in [0.717, 1.165) is 34.0 Å². The molecule has 0 spiro atoms. The van der Waals surface area contributed by atoms with Gasteiger partial charge in [0.1, 0.15) is 0 Å². The number of rotatable bonds is 3. The third kappa shape index (κ3) is 2.77. The molecule has 0 fully saturated rings. The van der Waals surface area contributed by atoms with Crippen molar-refractivity contribution < 1.29 is 15.0 Å². The fourth-order valence-electron chi connectivity index (χ4n) is 3.74. The minimum absolute atomic E-state index is 0.0126. The highest BCUT2D eigenvalue weighted by molar-refractivity contribution is 6.13. The van der Waals surface area contributed by atoms with E-state index in [1.807, 2.05) is 31.5 Å². The number of benzene rings is 2. The fraction of sp³-hybridized carbons (Fsp3) is 0.227. The molecule has 0 unspecified atom stereocenters. The van der Waals surface area contributed by atoms with Crippen LogP contribution in [0.4, 0.5) is 0 Å². The number of Topliss-reactive ketones (excluding diaryl/α,β-unsaturated/α-hetero) is 1. The van der Waals surface area contributed by atoms with E-state index in [2.05, 4.69) is 22.8 Å². The molecule has 1 aliphatic carbocycles. The van der Waals surface area contributed by atoms with E-state index < -0.39 is 0 Å². The lowest BCUT2D eigenvalue weighted by Crippen LogP contribution is -2.16. The molecule has 0 amide bonds. The largest absolute Gasteiger partial charge is 0.392 e. The molecule has 4 rings (SSSR count). The van der Waals surface area contributed by atoms with Crippen molar-refractivity contribution in [2.45, 2.75) is 26.1 Å². The third-order valence-corrected chi connectivity index (χ3v) is 5.22. The first kappa shape index (κ1) is 16.8. The maximum atomic E-state index is 12.9. The van der Waals surface area contributed by atoms with Crippen molar-refractivity contribution in [2.75, 3.05) is 0 Å². The van der Waals surface area contributed by atoms with Gasteiger partial charge in [-0.15, -0.1) is 0 Å². The summed E-state index contributed by atoms with van der Waals surface area (Å²) >= 11 is 0. The van der Waals surface area contributed by atoms with E-state index in [0.29, 0.717) is 23.1 Å². The van der Waals surface area contributed by atoms with Crippen LogP contribution < -0.4 is 0 Å². The molecule has 0 saturated carbocycles. The van der Waals surface area contributed by atoms with E-state index >= 15 is 0 Å². The van der Waals surface area contributed by atoms with Gasteiger partial charge in [-0.25, -0.2) is 0 Å². The lowest BCUT2D eigenvalue weighted by molar-refractivity contribution is 0.102. The van der Waals surface area contributed by atoms with Gasteiger partial charge in [-0.3, -0.25) is 4.79 Å². The number of aromatic nitrogens is 1. The van der Waals surface area contributed by atoms with E-state index in [-0.39, 0.29) is 19.0 Å². The zero-order valence-corrected chi connectivity index (χ0v) is 14.7. The highest BCUT2D eigenvalue weighted by atomic mass is 16.3. The van der Waals surface area contributed by atoms with Crippen molar-refractivity contribution in [3.8, 4) is 0 Å². The SMILES string of the molecule is Cn1ccc2cc(/C=C3\CCc4cc(CO)c(CO)cc4C3=O)ccc21. The summed E-state index contributed by atoms with van der Waals surface area (Å²) in [6, 6.07) is 11.9. The molecular weight excluding hydrogens is 326 g/mol. The molecule has 2 N–H and O–H groups in total. The number of fused-ring (bicyclic) bond motifs is 2. The van der Waals surface area contributed by atoms with Gasteiger partial charge in [-0.05, 0) is 65.4 Å². The molecule has 132 valence electrons. The second kappa shape index (κ2) is 6.56. The minimum atomic E-state index is -0.180. The lowest BCUT2D eigenvalue weighted by atomic mass is 9.83. The smallest absolute Gasteiger partial charge is 0.189 e. The van der Waals surface area contributed by atoms with Gasteiger partial charge in [-0.2, -0.15) is 0 Å². The Morgan fingerprint density at radius 2 is 1.81 bits per heavy atom. The van der Waals surface area contributed by atoms with Crippen LogP contribution in [-0.4, -0.2) is 20.6 Å². The predicted molar refractivity (Wildman–Crippen MR) is 102 cm³/mol. The van der Waals surface area contributed by atoms with Crippen molar-refractivity contribution in [3.05, 3.63) is 76.0 Å². The van der Waals surface area contributed by atoms with E-state index in [1.54, 1.807) is 6.07 Å². The van der Waals surface area contributed by atoms with Gasteiger partial charge < -0.3 is 14.8 Å². The number of aliphatic hydroxyl groups excluding tert-OH is 2. The van der Waals surface area contributed by atoms with Crippen LogP contribution in [0, 0.1) is 0 Å². The first-order valence-corrected chi connectivity index (χ1v) is 8.77. The number of ketones is 1. The van der Waals surface area contributed by atoms with Gasteiger partial charge in [0.05, 0.1) is 13.2 Å². The average molecular weight is 347 g/mol. The zero-order valence-electron chi connectivity index (χ0n) is 14.7. The van der Waals surface area contributed by atoms with E-state index in [1.165, 1.54) is 0 Å². The Kier molecular flexibility index (Phi) is 4.23. The molecule has 26 heavy (non-hydrogen) atoms. The number of aliphatic hydroxyl groups is 2. The zero-order chi connectivity index (χ0) is 18.3. The lowest BCUT2D eigenvalue weighted by Gasteiger charge is -2.20. The van der Waals surface area contributed by atoms with Gasteiger partial charge in [0, 0.05) is 35.3 Å². The van der Waals surface area contributed by atoms with Crippen molar-refractivity contribution in [3.63, 3.8) is 0 Å². The van der Waals surface area contributed by atoms with Crippen molar-refractivity contribution in [1.82, 2.24) is 4.57 Å². The number of allylic oxidation sites excluding steroid dienone is 1. The third-order valence-electron chi connectivity index (χ3n) is 5.22. The summed E-state index contributed by atoms with van der Waals surface area (Å²) in [6.45, 7) is -0.308. The van der Waals surface area contributed by atoms with Crippen LogP contribution >= 0.6 is 0 Å². The van der Waals surface area contributed by atoms with Gasteiger partial charge in [-0.1, -0.05) is 12.1 Å². The highest BCUT2D eigenvalue weighted by Crippen LogP contribution is 2.30. The van der Waals surface area contributed by atoms with Crippen LogP contribution in [0.25, 0.3) is 17.0 Å². The molecule has 2 aromatic carbocycles. The quantitative estimate of drug-likeness (QED) is 0.714. The maximum absolute atomic E-state index is 12.9. The summed E-state index contributed by atoms with van der Waals surface area (Å²) in [5.41, 5.74) is 5.87. The molecule has 0 aliphatic heterocycles. The summed E-state index contributed by atoms with van der Waals surface area (Å²) in [5.74, 6) is 0.0126. The molecule has 4 nitrogen and oxygen atoms in total. The Balaban J connectivity index is 1.72. The highest BCUT2D eigenvalue weighted by Gasteiger charge is 2.23. The number of nitrogens with zero attached hydrogens (tertiary/aromatic N) is 1. The molecular formula is C22H21NO3. The predicted octanol–water partition coefficient (Wildman–Crippen LogP) is 3.38. The fourth-order valence-corrected chi connectivity index (χ4v) is 3.74. The number of hydrogen-bond acceptors (Lipinski definition) is 3. The monoisotopic (exact) mass is 347 g/mol. The van der Waals surface area contributed by atoms with Crippen molar-refractivity contribution in [1.29, 1.82) is 0 Å². The number of carbonyl (C=O) groups excluding carboxylic acids is 1. The van der Waals surface area contributed by atoms with Crippen molar-refractivity contribution in [2.24, 2.45) is 7.05 Å². The Bertz CT molecular complexity index is 1040. The molecule has 0 bridgehead atoms. The normalized spacial score (nSPS) is 15.7. The standard InChI is InChI=1S/C22H21NO3/c1-23-7-6-16-8-14(2-5-21(16)23)9-17-4-3-15-10-18(12-24)19(13-25)11-20(15)22(17)26/h2,5-11,24-25H,3-4,12-13H2,1H3/b17-9+. The molecule has 0 saturated heterocycles. The molecule has 0 radical (unpaired) electrons. The number of carbonyl (C=O) groups is 1. The van der Waals surface area contributed by atoms with E-state index in [9.17, 15) is 15.0 Å². The van der Waals surface area contributed by atoms with E-state index in [4.69, 9.17) is 0 Å². The molecule has 1 aliphatic rings. The van der Waals surface area contributed by atoms with Crippen LogP contribution in [0.3, 0.4) is 0 Å². The molecule has 3 aromatic rings. The molecule has 1 heterocycles. The topological polar surface area (TPSA) is 62.5 Å². The Labute approximate surface area is 152 Å². The molecule has 0 atom stereocenters. The molecule has 1 aromatic heterocycles. The van der Waals surface area contributed by atoms with Gasteiger partial charge in [0.2, 0.25) is 0 Å². The first-order valence-electron chi connectivity index (χ1n) is 8.77. The van der Waals surface area contributed by atoms with Crippen LogP contribution in [0.1, 0.15) is 39.0 Å². The van der Waals surface area contributed by atoms with Crippen molar-refractivity contribution >= 4 is 22.8 Å². The maximum Gasteiger partial charge on any atom is 0.189 e. The summed E-state index contributed by atoms with van der Waals surface area (Å²) < 4.78 is 2.07. The summed E-state index contributed by atoms with van der Waals surface area (Å²) in [7, 11) is 2.02. The van der Waals surface area contributed by atoms with Gasteiger partial charge in [0.15, 0.2) is 5.78 Å². The average Bonchev–Trinajstić information content (AvgIpc) is 3.03. The summed E-state index contributed by atoms with van der Waals surface area (Å²) in [5, 5.41) is 20.1. The van der Waals surface area contributed by atoms with Crippen LogP contribution in [0.5, 0.6) is 0 Å². The Morgan fingerprint density at radius 1 is 1.04 bits per heavy atom. The van der Waals surface area contributed by atoms with Crippen LogP contribution in [-0.2, 0) is 26.7 Å². The van der Waals surface area contributed by atoms with Gasteiger partial charge >= 0.3 is 0 Å². The van der Waals surface area contributed by atoms with Crippen LogP contribution in [0.2, 0.25) is 0 Å². The Hall–Kier alpha value is -2.69. The second-order valence-corrected chi connectivity index (χ2v) is 6.84.